The second-order valence-electron chi connectivity index (χ2n) is 5.30. The summed E-state index contributed by atoms with van der Waals surface area (Å²) in [5.74, 6) is -1.33. The monoisotopic (exact) mass is 324 g/mol. The average molecular weight is 324 g/mol. The number of aliphatic carboxylic acids is 1. The summed E-state index contributed by atoms with van der Waals surface area (Å²) in [6, 6.07) is 7.61. The number of carbonyl (C=O) groups is 2. The van der Waals surface area contributed by atoms with E-state index in [2.05, 4.69) is 18.7 Å². The molecule has 6 nitrogen and oxygen atoms in total. The van der Waals surface area contributed by atoms with E-state index in [1.54, 1.807) is 0 Å². The highest BCUT2D eigenvalue weighted by molar-refractivity contribution is 5.89. The summed E-state index contributed by atoms with van der Waals surface area (Å²) in [6.07, 6.45) is 0. The Morgan fingerprint density at radius 1 is 1.13 bits per heavy atom. The van der Waals surface area contributed by atoms with Gasteiger partial charge in [-0.3, -0.25) is 0 Å². The summed E-state index contributed by atoms with van der Waals surface area (Å²) in [5, 5.41) is 8.89. The van der Waals surface area contributed by atoms with E-state index in [-0.39, 0.29) is 5.97 Å². The Morgan fingerprint density at radius 3 is 2.00 bits per heavy atom. The van der Waals surface area contributed by atoms with Crippen molar-refractivity contribution in [2.75, 3.05) is 45.2 Å². The molecule has 0 atom stereocenters. The van der Waals surface area contributed by atoms with Gasteiger partial charge in [0, 0.05) is 24.7 Å². The van der Waals surface area contributed by atoms with Crippen molar-refractivity contribution in [3.63, 3.8) is 0 Å². The molecule has 130 valence electrons. The molecule has 0 spiro atoms. The minimum Gasteiger partial charge on any atom is -0.550 e. The van der Waals surface area contributed by atoms with Crippen molar-refractivity contribution < 1.29 is 24.3 Å². The van der Waals surface area contributed by atoms with Crippen LogP contribution in [0.3, 0.4) is 0 Å². The van der Waals surface area contributed by atoms with Gasteiger partial charge in [-0.15, -0.1) is 0 Å². The van der Waals surface area contributed by atoms with Crippen LogP contribution in [0.4, 0.5) is 5.69 Å². The lowest BCUT2D eigenvalue weighted by atomic mass is 10.2. The zero-order chi connectivity index (χ0) is 17.8. The number of carboxylic acid groups (broad SMARTS) is 1. The number of hydrogen-bond donors (Lipinski definition) is 1. The molecule has 0 fully saturated rings. The van der Waals surface area contributed by atoms with Gasteiger partial charge >= 0.3 is 5.97 Å². The number of benzene rings is 1. The normalized spacial score (nSPS) is 9.83. The molecule has 1 rings (SSSR count). The summed E-state index contributed by atoms with van der Waals surface area (Å²) >= 11 is 0. The van der Waals surface area contributed by atoms with Gasteiger partial charge in [0.2, 0.25) is 0 Å². The van der Waals surface area contributed by atoms with Crippen LogP contribution in [0.1, 0.15) is 31.1 Å². The number of carbonyl (C=O) groups excluding carboxylic acids is 2. The fraction of sp³-hybridized carbons (Fsp3) is 0.529. The Bertz CT molecular complexity index is 464. The van der Waals surface area contributed by atoms with E-state index in [0.29, 0.717) is 12.2 Å². The van der Waals surface area contributed by atoms with Crippen LogP contribution >= 0.6 is 0 Å². The molecule has 0 saturated heterocycles. The van der Waals surface area contributed by atoms with Gasteiger partial charge in [0.05, 0.1) is 19.7 Å². The molecular formula is C17H28N2O4. The molecule has 0 heterocycles. The van der Waals surface area contributed by atoms with Crippen molar-refractivity contribution in [2.24, 2.45) is 0 Å². The highest BCUT2D eigenvalue weighted by Crippen LogP contribution is 2.15. The van der Waals surface area contributed by atoms with E-state index >= 15 is 0 Å². The number of quaternary nitrogens is 1. The van der Waals surface area contributed by atoms with Crippen LogP contribution in [0.5, 0.6) is 0 Å². The third kappa shape index (κ3) is 9.52. The topological polar surface area (TPSA) is 74.1 Å². The van der Waals surface area contributed by atoms with Crippen LogP contribution in [-0.4, -0.2) is 52.3 Å². The largest absolute Gasteiger partial charge is 0.550 e. The number of ether oxygens (including phenoxy) is 1. The minimum atomic E-state index is -1.08. The molecule has 0 bridgehead atoms. The smallest absolute Gasteiger partial charge is 0.338 e. The predicted molar refractivity (Wildman–Crippen MR) is 88.6 cm³/mol. The molecule has 0 saturated carbocycles. The van der Waals surface area contributed by atoms with E-state index in [1.807, 2.05) is 38.4 Å². The second kappa shape index (κ2) is 11.5. The lowest BCUT2D eigenvalue weighted by Gasteiger charge is -2.20. The Morgan fingerprint density at radius 2 is 1.61 bits per heavy atom. The zero-order valence-electron chi connectivity index (χ0n) is 14.7. The lowest BCUT2D eigenvalue weighted by Crippen LogP contribution is -3.06. The van der Waals surface area contributed by atoms with Gasteiger partial charge in [0.25, 0.3) is 0 Å². The molecule has 0 aromatic heterocycles. The van der Waals surface area contributed by atoms with Gasteiger partial charge in [0.1, 0.15) is 13.2 Å². The Hall–Kier alpha value is -2.08. The molecule has 1 aromatic carbocycles. The molecule has 0 aliphatic heterocycles. The van der Waals surface area contributed by atoms with Crippen LogP contribution in [0.25, 0.3) is 0 Å². The number of likely N-dealkylation sites (N-methyl/N-ethyl adjacent to an activating group) is 1. The van der Waals surface area contributed by atoms with E-state index < -0.39 is 5.97 Å². The molecule has 0 aliphatic rings. The van der Waals surface area contributed by atoms with Crippen LogP contribution in [0.15, 0.2) is 24.3 Å². The van der Waals surface area contributed by atoms with Gasteiger partial charge in [0.15, 0.2) is 0 Å². The van der Waals surface area contributed by atoms with E-state index in [9.17, 15) is 4.79 Å². The number of carboxylic acids is 1. The number of nitrogens with one attached hydrogen (secondary N) is 1. The number of hydrogen-bond acceptors (Lipinski definition) is 5. The fourth-order valence-electron chi connectivity index (χ4n) is 1.83. The summed E-state index contributed by atoms with van der Waals surface area (Å²) in [4.78, 5) is 24.2. The summed E-state index contributed by atoms with van der Waals surface area (Å²) < 4.78 is 5.22. The highest BCUT2D eigenvalue weighted by atomic mass is 16.5. The fourth-order valence-corrected chi connectivity index (χ4v) is 1.83. The van der Waals surface area contributed by atoms with Crippen molar-refractivity contribution in [1.82, 2.24) is 0 Å². The maximum atomic E-state index is 11.8. The molecule has 1 N–H and O–H groups in total. The Kier molecular flexibility index (Phi) is 10.4. The van der Waals surface area contributed by atoms with Gasteiger partial charge in [-0.25, -0.2) is 4.79 Å². The number of esters is 1. The molecular weight excluding hydrogens is 296 g/mol. The zero-order valence-corrected chi connectivity index (χ0v) is 14.7. The van der Waals surface area contributed by atoms with Crippen LogP contribution in [0, 0.1) is 0 Å². The third-order valence-corrected chi connectivity index (χ3v) is 3.07. The maximum absolute atomic E-state index is 11.8. The first kappa shape index (κ1) is 20.9. The summed E-state index contributed by atoms with van der Waals surface area (Å²) in [6.45, 7) is 8.42. The van der Waals surface area contributed by atoms with E-state index in [1.165, 1.54) is 4.90 Å². The first-order valence-electron chi connectivity index (χ1n) is 7.80. The average Bonchev–Trinajstić information content (AvgIpc) is 2.48. The number of anilines is 1. The molecule has 0 unspecified atom stereocenters. The standard InChI is InChI=1S/C15H24N2O2.C2H4O2/c1-5-17(6-2)14-9-7-13(8-10-14)15(18)19-12-11-16(3)4;1-2(3)4/h7-10H,5-6,11-12H2,1-4H3;1H3,(H,3,4). The molecule has 0 aliphatic carbocycles. The summed E-state index contributed by atoms with van der Waals surface area (Å²) in [7, 11) is 4.07. The first-order valence-corrected chi connectivity index (χ1v) is 7.80. The van der Waals surface area contributed by atoms with Crippen LogP contribution in [0.2, 0.25) is 0 Å². The highest BCUT2D eigenvalue weighted by Gasteiger charge is 2.09. The van der Waals surface area contributed by atoms with Gasteiger partial charge in [-0.05, 0) is 45.0 Å². The molecule has 1 aromatic rings. The van der Waals surface area contributed by atoms with Crippen molar-refractivity contribution in [2.45, 2.75) is 20.8 Å². The van der Waals surface area contributed by atoms with Crippen molar-refractivity contribution in [1.29, 1.82) is 0 Å². The Labute approximate surface area is 138 Å². The van der Waals surface area contributed by atoms with Crippen molar-refractivity contribution in [3.05, 3.63) is 29.8 Å². The SMILES string of the molecule is CC(=O)[O-].CCN(CC)c1ccc(C(=O)OCC[NH+](C)C)cc1. The van der Waals surface area contributed by atoms with Crippen LogP contribution < -0.4 is 14.9 Å². The lowest BCUT2D eigenvalue weighted by molar-refractivity contribution is -0.858. The molecule has 0 radical (unpaired) electrons. The number of rotatable bonds is 7. The summed E-state index contributed by atoms with van der Waals surface area (Å²) in [5.41, 5.74) is 1.75. The predicted octanol–water partition coefficient (Wildman–Crippen LogP) is -0.410. The van der Waals surface area contributed by atoms with Gasteiger partial charge < -0.3 is 24.4 Å². The van der Waals surface area contributed by atoms with Gasteiger partial charge in [-0.1, -0.05) is 0 Å². The van der Waals surface area contributed by atoms with Gasteiger partial charge in [-0.2, -0.15) is 0 Å². The number of nitrogens with zero attached hydrogens (tertiary/aromatic N) is 1. The van der Waals surface area contributed by atoms with Crippen molar-refractivity contribution >= 4 is 17.6 Å². The third-order valence-electron chi connectivity index (χ3n) is 3.07. The molecule has 23 heavy (non-hydrogen) atoms. The maximum Gasteiger partial charge on any atom is 0.338 e. The van der Waals surface area contributed by atoms with Crippen LogP contribution in [-0.2, 0) is 9.53 Å². The van der Waals surface area contributed by atoms with E-state index in [0.717, 1.165) is 32.2 Å². The van der Waals surface area contributed by atoms with E-state index in [4.69, 9.17) is 14.6 Å². The quantitative estimate of drug-likeness (QED) is 0.690. The Balaban J connectivity index is 0.00000108. The van der Waals surface area contributed by atoms with Crippen molar-refractivity contribution in [3.8, 4) is 0 Å². The molecule has 0 amide bonds. The second-order valence-corrected chi connectivity index (χ2v) is 5.30. The minimum absolute atomic E-state index is 0.243. The molecule has 6 heteroatoms. The first-order chi connectivity index (χ1) is 10.8.